The molecule has 2 aromatic rings. The summed E-state index contributed by atoms with van der Waals surface area (Å²) in [5.74, 6) is 1.51. The Bertz CT molecular complexity index is 437. The highest BCUT2D eigenvalue weighted by atomic mass is 16.5. The van der Waals surface area contributed by atoms with Crippen LogP contribution >= 0.6 is 0 Å². The summed E-state index contributed by atoms with van der Waals surface area (Å²) in [6.45, 7) is -0.142. The molecule has 0 saturated heterocycles. The van der Waals surface area contributed by atoms with Crippen molar-refractivity contribution < 1.29 is 9.84 Å². The number of ether oxygens (including phenoxy) is 1. The van der Waals surface area contributed by atoms with Crippen LogP contribution in [0.2, 0.25) is 0 Å². The Labute approximate surface area is 81.5 Å². The number of imidazole rings is 1. The number of methoxy groups -OCH3 is 1. The van der Waals surface area contributed by atoms with Gasteiger partial charge in [0, 0.05) is 12.5 Å². The fourth-order valence-corrected chi connectivity index (χ4v) is 1.38. The quantitative estimate of drug-likeness (QED) is 0.800. The summed E-state index contributed by atoms with van der Waals surface area (Å²) in [6.07, 6.45) is 0.441. The zero-order chi connectivity index (χ0) is 9.97. The first-order valence-electron chi connectivity index (χ1n) is 4.44. The summed E-state index contributed by atoms with van der Waals surface area (Å²) < 4.78 is 5.08. The Morgan fingerprint density at radius 3 is 3.07 bits per heavy atom. The fraction of sp³-hybridized carbons (Fsp3) is 0.300. The first-order chi connectivity index (χ1) is 6.83. The van der Waals surface area contributed by atoms with Crippen molar-refractivity contribution in [3.8, 4) is 5.75 Å². The third-order valence-corrected chi connectivity index (χ3v) is 2.08. The summed E-state index contributed by atoms with van der Waals surface area (Å²) in [5, 5.41) is 10.4. The van der Waals surface area contributed by atoms with Crippen LogP contribution in [0.3, 0.4) is 0 Å². The highest BCUT2D eigenvalue weighted by molar-refractivity contribution is 5.76. The SMILES string of the molecule is COc1ccc2[nH]c(CC[O])nc2c1. The van der Waals surface area contributed by atoms with Crippen molar-refractivity contribution in [1.82, 2.24) is 9.97 Å². The molecule has 0 aliphatic carbocycles. The topological polar surface area (TPSA) is 57.8 Å². The number of hydrogen-bond donors (Lipinski definition) is 1. The predicted octanol–water partition coefficient (Wildman–Crippen LogP) is 1.54. The maximum absolute atomic E-state index is 10.4. The number of fused-ring (bicyclic) bond motifs is 1. The van der Waals surface area contributed by atoms with Gasteiger partial charge in [0.25, 0.3) is 0 Å². The van der Waals surface area contributed by atoms with Gasteiger partial charge >= 0.3 is 0 Å². The molecule has 0 atom stereocenters. The summed E-state index contributed by atoms with van der Waals surface area (Å²) in [5.41, 5.74) is 1.78. The van der Waals surface area contributed by atoms with E-state index in [1.54, 1.807) is 7.11 Å². The van der Waals surface area contributed by atoms with Gasteiger partial charge in [0.15, 0.2) is 0 Å². The van der Waals surface area contributed by atoms with E-state index in [9.17, 15) is 5.11 Å². The van der Waals surface area contributed by atoms with Crippen molar-refractivity contribution in [2.75, 3.05) is 13.7 Å². The minimum atomic E-state index is -0.142. The third-order valence-electron chi connectivity index (χ3n) is 2.08. The second kappa shape index (κ2) is 3.67. The molecule has 0 aliphatic heterocycles. The molecule has 0 spiro atoms. The number of nitrogens with one attached hydrogen (secondary N) is 1. The monoisotopic (exact) mass is 191 g/mol. The van der Waals surface area contributed by atoms with E-state index in [1.165, 1.54) is 0 Å². The molecule has 0 bridgehead atoms. The molecule has 4 heteroatoms. The van der Waals surface area contributed by atoms with Gasteiger partial charge in [-0.25, -0.2) is 10.1 Å². The van der Waals surface area contributed by atoms with Crippen LogP contribution in [-0.4, -0.2) is 23.7 Å². The molecule has 1 aromatic carbocycles. The number of hydrogen-bond acceptors (Lipinski definition) is 2. The first kappa shape index (κ1) is 9.02. The number of aromatic nitrogens is 2. The molecule has 0 fully saturated rings. The van der Waals surface area contributed by atoms with Crippen molar-refractivity contribution in [1.29, 1.82) is 0 Å². The third kappa shape index (κ3) is 1.56. The van der Waals surface area contributed by atoms with Crippen LogP contribution in [0.1, 0.15) is 5.82 Å². The smallest absolute Gasteiger partial charge is 0.121 e. The van der Waals surface area contributed by atoms with E-state index in [0.29, 0.717) is 6.42 Å². The predicted molar refractivity (Wildman–Crippen MR) is 51.9 cm³/mol. The van der Waals surface area contributed by atoms with E-state index in [1.807, 2.05) is 18.2 Å². The Kier molecular flexibility index (Phi) is 2.37. The Balaban J connectivity index is 2.43. The summed E-state index contributed by atoms with van der Waals surface area (Å²) >= 11 is 0. The molecule has 1 radical (unpaired) electrons. The van der Waals surface area contributed by atoms with E-state index in [0.717, 1.165) is 22.6 Å². The van der Waals surface area contributed by atoms with Gasteiger partial charge in [-0.05, 0) is 12.1 Å². The second-order valence-corrected chi connectivity index (χ2v) is 3.02. The van der Waals surface area contributed by atoms with Gasteiger partial charge in [-0.3, -0.25) is 0 Å². The minimum Gasteiger partial charge on any atom is -0.497 e. The van der Waals surface area contributed by atoms with Crippen LogP contribution in [0.25, 0.3) is 11.0 Å². The number of benzene rings is 1. The van der Waals surface area contributed by atoms with E-state index >= 15 is 0 Å². The van der Waals surface area contributed by atoms with Gasteiger partial charge in [-0.2, -0.15) is 0 Å². The highest BCUT2D eigenvalue weighted by Crippen LogP contribution is 2.18. The lowest BCUT2D eigenvalue weighted by Gasteiger charge is -1.96. The average molecular weight is 191 g/mol. The van der Waals surface area contributed by atoms with Crippen LogP contribution in [0.4, 0.5) is 0 Å². The Hall–Kier alpha value is -1.55. The zero-order valence-corrected chi connectivity index (χ0v) is 7.91. The maximum atomic E-state index is 10.4. The zero-order valence-electron chi connectivity index (χ0n) is 7.91. The van der Waals surface area contributed by atoms with Gasteiger partial charge in [0.1, 0.15) is 11.6 Å². The molecule has 14 heavy (non-hydrogen) atoms. The van der Waals surface area contributed by atoms with Crippen molar-refractivity contribution in [2.24, 2.45) is 0 Å². The average Bonchev–Trinajstić information content (AvgIpc) is 2.59. The van der Waals surface area contributed by atoms with Crippen LogP contribution in [-0.2, 0) is 11.5 Å². The van der Waals surface area contributed by atoms with Crippen LogP contribution < -0.4 is 4.74 Å². The molecule has 0 unspecified atom stereocenters. The molecule has 4 nitrogen and oxygen atoms in total. The van der Waals surface area contributed by atoms with Crippen LogP contribution in [0.15, 0.2) is 18.2 Å². The molecule has 2 rings (SSSR count). The molecule has 1 aromatic heterocycles. The molecular formula is C10H11N2O2. The maximum Gasteiger partial charge on any atom is 0.121 e. The number of aromatic amines is 1. The van der Waals surface area contributed by atoms with Crippen molar-refractivity contribution in [3.05, 3.63) is 24.0 Å². The molecule has 0 aliphatic rings. The number of H-pyrrole nitrogens is 1. The van der Waals surface area contributed by atoms with Gasteiger partial charge in [-0.15, -0.1) is 0 Å². The van der Waals surface area contributed by atoms with Gasteiger partial charge in [-0.1, -0.05) is 0 Å². The molecule has 1 heterocycles. The molecular weight excluding hydrogens is 180 g/mol. The second-order valence-electron chi connectivity index (χ2n) is 3.02. The number of nitrogens with zero attached hydrogens (tertiary/aromatic N) is 1. The summed E-state index contributed by atoms with van der Waals surface area (Å²) in [7, 11) is 1.62. The first-order valence-corrected chi connectivity index (χ1v) is 4.44. The van der Waals surface area contributed by atoms with Crippen molar-refractivity contribution in [3.63, 3.8) is 0 Å². The number of rotatable bonds is 3. The van der Waals surface area contributed by atoms with E-state index in [-0.39, 0.29) is 6.61 Å². The largest absolute Gasteiger partial charge is 0.497 e. The normalized spacial score (nSPS) is 10.7. The Morgan fingerprint density at radius 2 is 2.36 bits per heavy atom. The van der Waals surface area contributed by atoms with Crippen LogP contribution in [0, 0.1) is 0 Å². The van der Waals surface area contributed by atoms with E-state index in [2.05, 4.69) is 9.97 Å². The van der Waals surface area contributed by atoms with E-state index < -0.39 is 0 Å². The van der Waals surface area contributed by atoms with Gasteiger partial charge in [0.05, 0.1) is 24.8 Å². The van der Waals surface area contributed by atoms with E-state index in [4.69, 9.17) is 4.74 Å². The molecule has 1 N–H and O–H groups in total. The van der Waals surface area contributed by atoms with Crippen LogP contribution in [0.5, 0.6) is 5.75 Å². The molecule has 0 saturated carbocycles. The summed E-state index contributed by atoms with van der Waals surface area (Å²) in [4.78, 5) is 7.36. The fourth-order valence-electron chi connectivity index (χ4n) is 1.38. The lowest BCUT2D eigenvalue weighted by molar-refractivity contribution is 0.195. The Morgan fingerprint density at radius 1 is 1.50 bits per heavy atom. The van der Waals surface area contributed by atoms with Crippen molar-refractivity contribution >= 4 is 11.0 Å². The molecule has 0 amide bonds. The highest BCUT2D eigenvalue weighted by Gasteiger charge is 2.03. The summed E-state index contributed by atoms with van der Waals surface area (Å²) in [6, 6.07) is 5.61. The minimum absolute atomic E-state index is 0.142. The lowest BCUT2D eigenvalue weighted by atomic mass is 10.3. The van der Waals surface area contributed by atoms with Gasteiger partial charge < -0.3 is 9.72 Å². The lowest BCUT2D eigenvalue weighted by Crippen LogP contribution is -1.90. The molecule has 73 valence electrons. The standard InChI is InChI=1S/C10H11N2O2/c1-14-7-2-3-8-9(6-7)12-10(11-8)4-5-13/h2-3,6H,4-5H2,1H3,(H,11,12). The van der Waals surface area contributed by atoms with Gasteiger partial charge in [0.2, 0.25) is 0 Å². The van der Waals surface area contributed by atoms with Crippen molar-refractivity contribution in [2.45, 2.75) is 6.42 Å².